The summed E-state index contributed by atoms with van der Waals surface area (Å²) in [5.41, 5.74) is 3.12. The summed E-state index contributed by atoms with van der Waals surface area (Å²) in [6, 6.07) is 12.1. The fraction of sp³-hybridized carbons (Fsp3) is 0.200. The minimum Gasteiger partial charge on any atom is -0.456 e. The number of hydrogen-bond donors (Lipinski definition) is 0. The Morgan fingerprint density at radius 1 is 1.11 bits per heavy atom. The van der Waals surface area contributed by atoms with Crippen molar-refractivity contribution in [1.82, 2.24) is 19.6 Å². The first-order valence-electron chi connectivity index (χ1n) is 8.64. The van der Waals surface area contributed by atoms with E-state index in [0.717, 1.165) is 22.7 Å². The van der Waals surface area contributed by atoms with Gasteiger partial charge in [-0.15, -0.1) is 11.3 Å². The van der Waals surface area contributed by atoms with E-state index in [0.29, 0.717) is 16.9 Å². The van der Waals surface area contributed by atoms with Gasteiger partial charge >= 0.3 is 5.97 Å². The highest BCUT2D eigenvalue weighted by molar-refractivity contribution is 7.11. The van der Waals surface area contributed by atoms with E-state index in [2.05, 4.69) is 27.2 Å². The fourth-order valence-electron chi connectivity index (χ4n) is 2.83. The Balaban J connectivity index is 1.36. The number of aromatic nitrogens is 4. The maximum Gasteiger partial charge on any atom is 0.341 e. The summed E-state index contributed by atoms with van der Waals surface area (Å²) in [6.45, 7) is 2.03. The minimum atomic E-state index is -0.406. The average molecular weight is 378 g/mol. The Kier molecular flexibility index (Phi) is 4.93. The number of thiazole rings is 1. The van der Waals surface area contributed by atoms with Gasteiger partial charge in [0.1, 0.15) is 6.61 Å². The van der Waals surface area contributed by atoms with Gasteiger partial charge in [-0.05, 0) is 18.9 Å². The van der Waals surface area contributed by atoms with Crippen LogP contribution in [0.5, 0.6) is 0 Å². The van der Waals surface area contributed by atoms with Crippen molar-refractivity contribution < 1.29 is 9.53 Å². The first-order valence-corrected chi connectivity index (χ1v) is 9.46. The summed E-state index contributed by atoms with van der Waals surface area (Å²) >= 11 is 1.58. The first-order chi connectivity index (χ1) is 13.2. The van der Waals surface area contributed by atoms with Crippen molar-refractivity contribution in [2.75, 3.05) is 0 Å². The van der Waals surface area contributed by atoms with Crippen molar-refractivity contribution in [3.63, 3.8) is 0 Å². The van der Waals surface area contributed by atoms with Crippen LogP contribution in [0, 0.1) is 6.92 Å². The molecule has 4 rings (SSSR count). The number of fused-ring (bicyclic) bond motifs is 1. The molecule has 0 aliphatic carbocycles. The molecule has 1 aromatic carbocycles. The minimum absolute atomic E-state index is 0.207. The molecule has 0 unspecified atom stereocenters. The maximum absolute atomic E-state index is 12.4. The van der Waals surface area contributed by atoms with Crippen molar-refractivity contribution in [1.29, 1.82) is 0 Å². The third-order valence-corrected chi connectivity index (χ3v) is 5.32. The third kappa shape index (κ3) is 3.88. The van der Waals surface area contributed by atoms with Crippen LogP contribution in [-0.4, -0.2) is 25.6 Å². The van der Waals surface area contributed by atoms with Crippen molar-refractivity contribution >= 4 is 23.0 Å². The van der Waals surface area contributed by atoms with Crippen LogP contribution in [0.2, 0.25) is 0 Å². The molecule has 0 aliphatic rings. The number of rotatable bonds is 6. The molecule has 0 saturated carbocycles. The van der Waals surface area contributed by atoms with Crippen LogP contribution in [0.4, 0.5) is 0 Å². The fourth-order valence-corrected chi connectivity index (χ4v) is 3.67. The molecule has 0 fully saturated rings. The van der Waals surface area contributed by atoms with Crippen molar-refractivity contribution in [3.05, 3.63) is 81.7 Å². The Hall–Kier alpha value is -3.06. The van der Waals surface area contributed by atoms with E-state index >= 15 is 0 Å². The van der Waals surface area contributed by atoms with Gasteiger partial charge in [0.25, 0.3) is 0 Å². The molecule has 4 aromatic rings. The molecule has 0 bridgehead atoms. The number of carbonyl (C=O) groups is 1. The Morgan fingerprint density at radius 2 is 1.96 bits per heavy atom. The summed E-state index contributed by atoms with van der Waals surface area (Å²) in [5, 5.41) is 5.21. The molecule has 7 heteroatoms. The van der Waals surface area contributed by atoms with Gasteiger partial charge < -0.3 is 4.74 Å². The summed E-state index contributed by atoms with van der Waals surface area (Å²) in [7, 11) is 0. The van der Waals surface area contributed by atoms with Crippen molar-refractivity contribution in [2.24, 2.45) is 0 Å². The van der Waals surface area contributed by atoms with Crippen LogP contribution in [0.3, 0.4) is 0 Å². The summed E-state index contributed by atoms with van der Waals surface area (Å²) < 4.78 is 7.08. The molecule has 3 heterocycles. The number of nitrogens with zero attached hydrogens (tertiary/aromatic N) is 4. The van der Waals surface area contributed by atoms with Crippen LogP contribution in [0.25, 0.3) is 5.65 Å². The van der Waals surface area contributed by atoms with Crippen LogP contribution in [0.15, 0.2) is 55.0 Å². The number of aryl methyl sites for hydroxylation is 3. The Labute approximate surface area is 160 Å². The third-order valence-electron chi connectivity index (χ3n) is 4.29. The summed E-state index contributed by atoms with van der Waals surface area (Å²) in [4.78, 5) is 22.0. The molecule has 0 spiro atoms. The van der Waals surface area contributed by atoms with Crippen LogP contribution in [0.1, 0.15) is 31.5 Å². The number of benzene rings is 1. The van der Waals surface area contributed by atoms with Gasteiger partial charge in [0, 0.05) is 24.9 Å². The highest BCUT2D eigenvalue weighted by Crippen LogP contribution is 2.18. The molecule has 0 atom stereocenters. The molecular formula is C20H18N4O2S. The molecule has 3 aromatic heterocycles. The molecule has 0 aliphatic heterocycles. The van der Waals surface area contributed by atoms with Crippen LogP contribution >= 0.6 is 11.3 Å². The zero-order chi connectivity index (χ0) is 18.6. The molecular weight excluding hydrogens is 360 g/mol. The zero-order valence-electron chi connectivity index (χ0n) is 14.8. The van der Waals surface area contributed by atoms with Crippen molar-refractivity contribution in [2.45, 2.75) is 26.4 Å². The predicted molar refractivity (Wildman–Crippen MR) is 103 cm³/mol. The van der Waals surface area contributed by atoms with Crippen LogP contribution in [-0.2, 0) is 24.2 Å². The summed E-state index contributed by atoms with van der Waals surface area (Å²) in [6.07, 6.45) is 6.79. The van der Waals surface area contributed by atoms with Gasteiger partial charge in [-0.1, -0.05) is 30.3 Å². The Morgan fingerprint density at radius 3 is 2.81 bits per heavy atom. The lowest BCUT2D eigenvalue weighted by molar-refractivity contribution is 0.0474. The molecule has 0 amide bonds. The lowest BCUT2D eigenvalue weighted by Gasteiger charge is -2.07. The number of esters is 1. The normalized spacial score (nSPS) is 11.0. The highest BCUT2D eigenvalue weighted by Gasteiger charge is 2.15. The second-order valence-electron chi connectivity index (χ2n) is 6.14. The molecule has 27 heavy (non-hydrogen) atoms. The van der Waals surface area contributed by atoms with E-state index in [1.807, 2.05) is 25.1 Å². The van der Waals surface area contributed by atoms with Gasteiger partial charge in [-0.2, -0.15) is 5.10 Å². The molecule has 0 saturated heterocycles. The Bertz CT molecular complexity index is 1070. The number of carbonyl (C=O) groups excluding carboxylic acids is 1. The molecule has 136 valence electrons. The van der Waals surface area contributed by atoms with Gasteiger partial charge in [0.05, 0.1) is 27.3 Å². The molecule has 0 radical (unpaired) electrons. The quantitative estimate of drug-likeness (QED) is 0.479. The van der Waals surface area contributed by atoms with E-state index in [1.165, 1.54) is 11.8 Å². The van der Waals surface area contributed by atoms with E-state index in [-0.39, 0.29) is 6.61 Å². The number of ether oxygens (including phenoxy) is 1. The standard InChI is InChI=1S/C20H18N4O2S/c1-14-17(12-21-18-9-10-23-24(14)18)20(25)26-13-16-11-22-19(27-16)8-7-15-5-3-2-4-6-15/h2-6,9-12H,7-8,13H2,1H3. The summed E-state index contributed by atoms with van der Waals surface area (Å²) in [5.74, 6) is -0.406. The van der Waals surface area contributed by atoms with Gasteiger partial charge in [0.15, 0.2) is 5.65 Å². The van der Waals surface area contributed by atoms with E-state index < -0.39 is 5.97 Å². The van der Waals surface area contributed by atoms with Gasteiger partial charge in [-0.3, -0.25) is 0 Å². The predicted octanol–water partition coefficient (Wildman–Crippen LogP) is 3.64. The lowest BCUT2D eigenvalue weighted by atomic mass is 10.1. The van der Waals surface area contributed by atoms with E-state index in [9.17, 15) is 4.79 Å². The molecule has 6 nitrogen and oxygen atoms in total. The van der Waals surface area contributed by atoms with Gasteiger partial charge in [-0.25, -0.2) is 19.3 Å². The molecule has 0 N–H and O–H groups in total. The second-order valence-corrected chi connectivity index (χ2v) is 7.34. The smallest absolute Gasteiger partial charge is 0.341 e. The van der Waals surface area contributed by atoms with E-state index in [4.69, 9.17) is 4.74 Å². The average Bonchev–Trinajstić information content (AvgIpc) is 3.35. The van der Waals surface area contributed by atoms with Crippen LogP contribution < -0.4 is 0 Å². The first kappa shape index (κ1) is 17.4. The van der Waals surface area contributed by atoms with Crippen molar-refractivity contribution in [3.8, 4) is 0 Å². The lowest BCUT2D eigenvalue weighted by Crippen LogP contribution is -2.10. The maximum atomic E-state index is 12.4. The zero-order valence-corrected chi connectivity index (χ0v) is 15.6. The van der Waals surface area contributed by atoms with E-state index in [1.54, 1.807) is 34.3 Å². The largest absolute Gasteiger partial charge is 0.456 e. The monoisotopic (exact) mass is 378 g/mol. The van der Waals surface area contributed by atoms with Gasteiger partial charge in [0.2, 0.25) is 0 Å². The topological polar surface area (TPSA) is 69.4 Å². The number of hydrogen-bond acceptors (Lipinski definition) is 6. The second kappa shape index (κ2) is 7.67. The highest BCUT2D eigenvalue weighted by atomic mass is 32.1. The SMILES string of the molecule is Cc1c(C(=O)OCc2cnc(CCc3ccccc3)s2)cnc2ccnn12.